The SMILES string of the molecule is C=C1CCC2C(C)(COC(=O)[C@H](N)CCC(N)=O)C(O)CCC2(C)C1CCC1=CCOC1=O. The number of nitrogens with two attached hydrogens (primary N) is 2. The highest BCUT2D eigenvalue weighted by molar-refractivity contribution is 5.90. The lowest BCUT2D eigenvalue weighted by Gasteiger charge is -2.60. The molecule has 5 N–H and O–H groups in total. The zero-order valence-corrected chi connectivity index (χ0v) is 19.8. The topological polar surface area (TPSA) is 142 Å². The predicted molar refractivity (Wildman–Crippen MR) is 122 cm³/mol. The minimum Gasteiger partial charge on any atom is -0.464 e. The van der Waals surface area contributed by atoms with E-state index in [9.17, 15) is 19.5 Å². The average Bonchev–Trinajstić information content (AvgIpc) is 3.17. The number of cyclic esters (lactones) is 1. The molecular weight excluding hydrogens is 424 g/mol. The third kappa shape index (κ3) is 5.17. The van der Waals surface area contributed by atoms with E-state index in [1.54, 1.807) is 0 Å². The highest BCUT2D eigenvalue weighted by Crippen LogP contribution is 2.62. The fourth-order valence-corrected chi connectivity index (χ4v) is 6.36. The third-order valence-corrected chi connectivity index (χ3v) is 8.39. The molecule has 3 aliphatic rings. The van der Waals surface area contributed by atoms with Crippen molar-refractivity contribution in [3.8, 4) is 0 Å². The largest absolute Gasteiger partial charge is 0.464 e. The van der Waals surface area contributed by atoms with Crippen LogP contribution in [0.3, 0.4) is 0 Å². The molecule has 33 heavy (non-hydrogen) atoms. The van der Waals surface area contributed by atoms with Crippen LogP contribution in [0.1, 0.15) is 65.2 Å². The monoisotopic (exact) mass is 462 g/mol. The molecule has 2 saturated carbocycles. The first-order valence-corrected chi connectivity index (χ1v) is 11.9. The van der Waals surface area contributed by atoms with Gasteiger partial charge >= 0.3 is 11.9 Å². The Morgan fingerprint density at radius 1 is 1.36 bits per heavy atom. The molecule has 2 fully saturated rings. The standard InChI is InChI=1S/C25H38N2O6/c1-15-4-8-19-24(2,17(15)6-5-16-11-13-32-22(16)30)12-10-20(28)25(19,3)14-33-23(31)18(26)7-9-21(27)29/h11,17-20,28H,1,4-10,12-14,26H2,2-3H3,(H2,27,29)/t17?,18-,19?,20?,24?,25?/m1/s1. The van der Waals surface area contributed by atoms with Crippen molar-refractivity contribution in [3.05, 3.63) is 23.8 Å². The summed E-state index contributed by atoms with van der Waals surface area (Å²) in [6.07, 6.45) is 5.98. The molecule has 0 aromatic rings. The van der Waals surface area contributed by atoms with E-state index >= 15 is 0 Å². The van der Waals surface area contributed by atoms with Crippen LogP contribution in [0.25, 0.3) is 0 Å². The Labute approximate surface area is 195 Å². The zero-order chi connectivity index (χ0) is 24.4. The van der Waals surface area contributed by atoms with Crippen molar-refractivity contribution in [1.82, 2.24) is 0 Å². The Kier molecular flexibility index (Phi) is 7.69. The molecule has 0 saturated heterocycles. The molecule has 1 amide bonds. The Bertz CT molecular complexity index is 839. The van der Waals surface area contributed by atoms with Crippen molar-refractivity contribution in [2.45, 2.75) is 77.4 Å². The lowest BCUT2D eigenvalue weighted by atomic mass is 9.46. The maximum Gasteiger partial charge on any atom is 0.334 e. The van der Waals surface area contributed by atoms with Gasteiger partial charge in [-0.3, -0.25) is 9.59 Å². The van der Waals surface area contributed by atoms with Gasteiger partial charge in [-0.25, -0.2) is 4.79 Å². The fourth-order valence-electron chi connectivity index (χ4n) is 6.36. The quantitative estimate of drug-likeness (QED) is 0.352. The minimum atomic E-state index is -0.924. The summed E-state index contributed by atoms with van der Waals surface area (Å²) >= 11 is 0. The second kappa shape index (κ2) is 9.97. The zero-order valence-electron chi connectivity index (χ0n) is 19.8. The molecule has 0 aromatic carbocycles. The Morgan fingerprint density at radius 3 is 2.73 bits per heavy atom. The summed E-state index contributed by atoms with van der Waals surface area (Å²) < 4.78 is 10.6. The van der Waals surface area contributed by atoms with Gasteiger partial charge in [0.05, 0.1) is 12.7 Å². The van der Waals surface area contributed by atoms with Gasteiger partial charge in [0.1, 0.15) is 12.6 Å². The number of allylic oxidation sites excluding steroid dienone is 1. The number of carbonyl (C=O) groups excluding carboxylic acids is 3. The van der Waals surface area contributed by atoms with Gasteiger partial charge in [-0.15, -0.1) is 0 Å². The van der Waals surface area contributed by atoms with Gasteiger partial charge < -0.3 is 26.0 Å². The van der Waals surface area contributed by atoms with Crippen LogP contribution in [0, 0.1) is 22.7 Å². The maximum atomic E-state index is 12.4. The summed E-state index contributed by atoms with van der Waals surface area (Å²) in [5.74, 6) is -1.02. The van der Waals surface area contributed by atoms with E-state index < -0.39 is 29.4 Å². The molecule has 2 aliphatic carbocycles. The normalized spacial score (nSPS) is 34.8. The summed E-state index contributed by atoms with van der Waals surface area (Å²) in [6.45, 7) is 9.00. The summed E-state index contributed by atoms with van der Waals surface area (Å²) in [5, 5.41) is 11.0. The minimum absolute atomic E-state index is 0.0185. The molecule has 6 atom stereocenters. The third-order valence-electron chi connectivity index (χ3n) is 8.39. The summed E-state index contributed by atoms with van der Waals surface area (Å²) in [6, 6.07) is -0.924. The van der Waals surface area contributed by atoms with Gasteiger partial charge in [-0.05, 0) is 68.3 Å². The number of hydrogen-bond donors (Lipinski definition) is 3. The average molecular weight is 463 g/mol. The van der Waals surface area contributed by atoms with Gasteiger partial charge in [0.25, 0.3) is 0 Å². The molecule has 5 unspecified atom stereocenters. The second-order valence-electron chi connectivity index (χ2n) is 10.5. The first-order chi connectivity index (χ1) is 15.5. The van der Waals surface area contributed by atoms with Crippen molar-refractivity contribution >= 4 is 17.8 Å². The van der Waals surface area contributed by atoms with Gasteiger partial charge in [-0.1, -0.05) is 26.0 Å². The number of aliphatic hydroxyl groups is 1. The van der Waals surface area contributed by atoms with Crippen LogP contribution in [-0.2, 0) is 23.9 Å². The molecule has 8 nitrogen and oxygen atoms in total. The van der Waals surface area contributed by atoms with Gasteiger partial charge in [0.15, 0.2) is 0 Å². The number of aliphatic hydroxyl groups excluding tert-OH is 1. The second-order valence-corrected chi connectivity index (χ2v) is 10.5. The summed E-state index contributed by atoms with van der Waals surface area (Å²) in [4.78, 5) is 35.3. The number of amides is 1. The van der Waals surface area contributed by atoms with Gasteiger partial charge in [0.2, 0.25) is 5.91 Å². The smallest absolute Gasteiger partial charge is 0.334 e. The van der Waals surface area contributed by atoms with E-state index in [1.807, 2.05) is 13.0 Å². The lowest BCUT2D eigenvalue weighted by molar-refractivity contribution is -0.176. The van der Waals surface area contributed by atoms with Crippen molar-refractivity contribution in [2.75, 3.05) is 13.2 Å². The van der Waals surface area contributed by atoms with Crippen molar-refractivity contribution in [1.29, 1.82) is 0 Å². The maximum absolute atomic E-state index is 12.4. The number of rotatable bonds is 9. The number of esters is 2. The predicted octanol–water partition coefficient (Wildman–Crippen LogP) is 2.14. The van der Waals surface area contributed by atoms with Gasteiger partial charge in [-0.2, -0.15) is 0 Å². The van der Waals surface area contributed by atoms with Crippen LogP contribution < -0.4 is 11.5 Å². The van der Waals surface area contributed by atoms with Crippen LogP contribution in [0.15, 0.2) is 23.8 Å². The molecule has 0 radical (unpaired) electrons. The van der Waals surface area contributed by atoms with E-state index in [-0.39, 0.29) is 42.7 Å². The molecular formula is C25H38N2O6. The van der Waals surface area contributed by atoms with E-state index in [0.29, 0.717) is 19.4 Å². The van der Waals surface area contributed by atoms with Crippen LogP contribution >= 0.6 is 0 Å². The fraction of sp³-hybridized carbons (Fsp3) is 0.720. The first-order valence-electron chi connectivity index (χ1n) is 11.9. The van der Waals surface area contributed by atoms with Crippen molar-refractivity contribution in [3.63, 3.8) is 0 Å². The van der Waals surface area contributed by atoms with Crippen molar-refractivity contribution in [2.24, 2.45) is 34.1 Å². The Balaban J connectivity index is 1.72. The van der Waals surface area contributed by atoms with Crippen LogP contribution in [0.2, 0.25) is 0 Å². The molecule has 1 aliphatic heterocycles. The van der Waals surface area contributed by atoms with Crippen LogP contribution in [0.4, 0.5) is 0 Å². The highest BCUT2D eigenvalue weighted by atomic mass is 16.5. The van der Waals surface area contributed by atoms with Crippen molar-refractivity contribution < 1.29 is 29.0 Å². The molecule has 0 bridgehead atoms. The molecule has 3 rings (SSSR count). The molecule has 0 spiro atoms. The summed E-state index contributed by atoms with van der Waals surface area (Å²) in [7, 11) is 0. The Morgan fingerprint density at radius 2 is 2.09 bits per heavy atom. The molecule has 1 heterocycles. The number of fused-ring (bicyclic) bond motifs is 1. The first kappa shape index (κ1) is 25.4. The molecule has 0 aromatic heterocycles. The van der Waals surface area contributed by atoms with Gasteiger partial charge in [0, 0.05) is 17.4 Å². The number of hydrogen-bond acceptors (Lipinski definition) is 7. The number of carbonyl (C=O) groups is 3. The lowest BCUT2D eigenvalue weighted by Crippen LogP contribution is -2.58. The summed E-state index contributed by atoms with van der Waals surface area (Å²) in [5.41, 5.74) is 12.2. The van der Waals surface area contributed by atoms with E-state index in [1.165, 1.54) is 5.57 Å². The van der Waals surface area contributed by atoms with Crippen LogP contribution in [0.5, 0.6) is 0 Å². The molecule has 8 heteroatoms. The number of primary amides is 1. The van der Waals surface area contributed by atoms with E-state index in [0.717, 1.165) is 31.3 Å². The van der Waals surface area contributed by atoms with E-state index in [2.05, 4.69) is 13.5 Å². The van der Waals surface area contributed by atoms with Crippen LogP contribution in [-0.4, -0.2) is 48.3 Å². The Hall–Kier alpha value is -2.19. The van der Waals surface area contributed by atoms with E-state index in [4.69, 9.17) is 20.9 Å². The number of ether oxygens (including phenoxy) is 2. The molecule has 184 valence electrons. The highest BCUT2D eigenvalue weighted by Gasteiger charge is 2.58.